The normalized spacial score (nSPS) is 47.7. The van der Waals surface area contributed by atoms with Gasteiger partial charge in [0.15, 0.2) is 0 Å². The zero-order valence-electron chi connectivity index (χ0n) is 13.6. The van der Waals surface area contributed by atoms with Crippen LogP contribution in [0.5, 0.6) is 0 Å². The van der Waals surface area contributed by atoms with Crippen molar-refractivity contribution in [3.05, 3.63) is 24.3 Å². The number of aliphatic hydroxyl groups is 2. The summed E-state index contributed by atoms with van der Waals surface area (Å²) in [6.07, 6.45) is -1.41. The second-order valence-electron chi connectivity index (χ2n) is 7.18. The molecule has 132 valence electrons. The Kier molecular flexibility index (Phi) is 3.86. The third-order valence-corrected chi connectivity index (χ3v) is 6.23. The summed E-state index contributed by atoms with van der Waals surface area (Å²) in [5.41, 5.74) is -2.44. The van der Waals surface area contributed by atoms with E-state index in [0.717, 1.165) is 0 Å². The standard InChI is InChI=1S/C17H21ClO6/c1-7-5-10(23-9(3)19)12-8(2)15(20)24-13(12)14-16(4,21)11(18)6-17(7,14)22/h10-14,21-22H,1-2,5-6H2,3-4H3/t10-,11-,12+,13-,14-,16+,17+/m0/s1. The van der Waals surface area contributed by atoms with E-state index in [9.17, 15) is 19.8 Å². The fraction of sp³-hybridized carbons (Fsp3) is 0.647. The highest BCUT2D eigenvalue weighted by atomic mass is 35.5. The number of halogens is 1. The van der Waals surface area contributed by atoms with Crippen molar-refractivity contribution in [3.63, 3.8) is 0 Å². The van der Waals surface area contributed by atoms with Gasteiger partial charge in [0.05, 0.1) is 28.4 Å². The third-order valence-electron chi connectivity index (χ3n) is 5.64. The minimum atomic E-state index is -1.52. The van der Waals surface area contributed by atoms with Crippen molar-refractivity contribution in [3.8, 4) is 0 Å². The molecule has 7 atom stereocenters. The summed E-state index contributed by atoms with van der Waals surface area (Å²) in [5, 5.41) is 21.4. The van der Waals surface area contributed by atoms with Gasteiger partial charge in [-0.1, -0.05) is 13.2 Å². The Morgan fingerprint density at radius 2 is 2.04 bits per heavy atom. The van der Waals surface area contributed by atoms with Gasteiger partial charge in [-0.15, -0.1) is 11.6 Å². The van der Waals surface area contributed by atoms with Gasteiger partial charge in [-0.3, -0.25) is 4.79 Å². The molecule has 1 saturated heterocycles. The highest BCUT2D eigenvalue weighted by molar-refractivity contribution is 6.21. The van der Waals surface area contributed by atoms with Crippen molar-refractivity contribution in [2.24, 2.45) is 11.8 Å². The van der Waals surface area contributed by atoms with Crippen LogP contribution >= 0.6 is 11.6 Å². The van der Waals surface area contributed by atoms with Crippen LogP contribution in [0.2, 0.25) is 0 Å². The fourth-order valence-corrected chi connectivity index (χ4v) is 4.82. The van der Waals surface area contributed by atoms with E-state index in [1.54, 1.807) is 0 Å². The predicted molar refractivity (Wildman–Crippen MR) is 85.1 cm³/mol. The first kappa shape index (κ1) is 17.5. The van der Waals surface area contributed by atoms with Crippen molar-refractivity contribution in [1.82, 2.24) is 0 Å². The molecule has 0 aromatic carbocycles. The minimum Gasteiger partial charge on any atom is -0.461 e. The van der Waals surface area contributed by atoms with E-state index < -0.39 is 52.6 Å². The van der Waals surface area contributed by atoms with E-state index in [1.807, 2.05) is 0 Å². The number of ether oxygens (including phenoxy) is 2. The predicted octanol–water partition coefficient (Wildman–Crippen LogP) is 1.09. The molecule has 0 radical (unpaired) electrons. The average Bonchev–Trinajstić information content (AvgIpc) is 2.77. The Balaban J connectivity index is 2.13. The molecule has 0 unspecified atom stereocenters. The molecule has 0 aromatic rings. The first-order chi connectivity index (χ1) is 11.0. The first-order valence-electron chi connectivity index (χ1n) is 7.84. The van der Waals surface area contributed by atoms with Gasteiger partial charge >= 0.3 is 11.9 Å². The lowest BCUT2D eigenvalue weighted by Gasteiger charge is -2.39. The van der Waals surface area contributed by atoms with Gasteiger partial charge in [0, 0.05) is 18.9 Å². The number of rotatable bonds is 1. The van der Waals surface area contributed by atoms with E-state index in [-0.39, 0.29) is 18.4 Å². The van der Waals surface area contributed by atoms with Gasteiger partial charge < -0.3 is 19.7 Å². The first-order valence-corrected chi connectivity index (χ1v) is 8.28. The highest BCUT2D eigenvalue weighted by Crippen LogP contribution is 2.57. The van der Waals surface area contributed by atoms with Crippen molar-refractivity contribution in [2.75, 3.05) is 0 Å². The molecular formula is C17H21ClO6. The van der Waals surface area contributed by atoms with Crippen LogP contribution in [0.25, 0.3) is 0 Å². The lowest BCUT2D eigenvalue weighted by atomic mass is 9.74. The van der Waals surface area contributed by atoms with Gasteiger partial charge in [-0.2, -0.15) is 0 Å². The molecule has 3 fully saturated rings. The molecule has 1 aliphatic heterocycles. The summed E-state index contributed by atoms with van der Waals surface area (Å²) >= 11 is 6.27. The largest absolute Gasteiger partial charge is 0.461 e. The number of fused-ring (bicyclic) bond motifs is 3. The van der Waals surface area contributed by atoms with Crippen LogP contribution in [0, 0.1) is 11.8 Å². The van der Waals surface area contributed by atoms with Crippen LogP contribution < -0.4 is 0 Å². The van der Waals surface area contributed by atoms with E-state index in [0.29, 0.717) is 5.57 Å². The van der Waals surface area contributed by atoms with Gasteiger partial charge in [0.1, 0.15) is 12.2 Å². The number of carbonyl (C=O) groups excluding carboxylic acids is 2. The summed E-state index contributed by atoms with van der Waals surface area (Å²) in [4.78, 5) is 23.5. The summed E-state index contributed by atoms with van der Waals surface area (Å²) in [5.74, 6) is -2.68. The van der Waals surface area contributed by atoms with Crippen LogP contribution in [-0.2, 0) is 19.1 Å². The molecule has 2 saturated carbocycles. The van der Waals surface area contributed by atoms with Crippen LogP contribution in [0.4, 0.5) is 0 Å². The van der Waals surface area contributed by atoms with E-state index in [1.165, 1.54) is 13.8 Å². The molecule has 1 heterocycles. The topological polar surface area (TPSA) is 93.1 Å². The van der Waals surface area contributed by atoms with Gasteiger partial charge in [-0.25, -0.2) is 4.79 Å². The van der Waals surface area contributed by atoms with E-state index >= 15 is 0 Å². The van der Waals surface area contributed by atoms with Crippen LogP contribution in [0.1, 0.15) is 26.7 Å². The number of hydrogen-bond donors (Lipinski definition) is 2. The lowest BCUT2D eigenvalue weighted by Crippen LogP contribution is -2.52. The number of carbonyl (C=O) groups is 2. The average molecular weight is 357 g/mol. The quantitative estimate of drug-likeness (QED) is 0.316. The smallest absolute Gasteiger partial charge is 0.334 e. The molecule has 24 heavy (non-hydrogen) atoms. The molecule has 2 N–H and O–H groups in total. The fourth-order valence-electron chi connectivity index (χ4n) is 4.45. The summed E-state index contributed by atoms with van der Waals surface area (Å²) in [6.45, 7) is 10.5. The van der Waals surface area contributed by atoms with Crippen molar-refractivity contribution >= 4 is 23.5 Å². The van der Waals surface area contributed by atoms with Crippen LogP contribution in [0.15, 0.2) is 24.3 Å². The van der Waals surface area contributed by atoms with Gasteiger partial charge in [0.25, 0.3) is 0 Å². The maximum atomic E-state index is 12.1. The summed E-state index contributed by atoms with van der Waals surface area (Å²) in [7, 11) is 0. The van der Waals surface area contributed by atoms with E-state index in [2.05, 4.69) is 13.2 Å². The second kappa shape index (κ2) is 5.31. The molecule has 0 amide bonds. The highest BCUT2D eigenvalue weighted by Gasteiger charge is 2.68. The molecule has 3 rings (SSSR count). The molecule has 2 aliphatic carbocycles. The van der Waals surface area contributed by atoms with Crippen molar-refractivity contribution in [1.29, 1.82) is 0 Å². The lowest BCUT2D eigenvalue weighted by molar-refractivity contribution is -0.157. The summed E-state index contributed by atoms with van der Waals surface area (Å²) < 4.78 is 10.8. The number of esters is 2. The van der Waals surface area contributed by atoms with Crippen molar-refractivity contribution < 1.29 is 29.3 Å². The number of alkyl halides is 1. The van der Waals surface area contributed by atoms with E-state index in [4.69, 9.17) is 21.1 Å². The molecular weight excluding hydrogens is 336 g/mol. The Hall–Kier alpha value is -1.37. The molecule has 7 heteroatoms. The minimum absolute atomic E-state index is 0.0745. The Morgan fingerprint density at radius 1 is 1.42 bits per heavy atom. The molecule has 0 spiro atoms. The Labute approximate surface area is 145 Å². The van der Waals surface area contributed by atoms with Crippen LogP contribution in [-0.4, -0.2) is 50.9 Å². The van der Waals surface area contributed by atoms with Gasteiger partial charge in [0.2, 0.25) is 0 Å². The monoisotopic (exact) mass is 356 g/mol. The third kappa shape index (κ3) is 2.24. The van der Waals surface area contributed by atoms with Crippen LogP contribution in [0.3, 0.4) is 0 Å². The Bertz CT molecular complexity index is 641. The molecule has 6 nitrogen and oxygen atoms in total. The maximum Gasteiger partial charge on any atom is 0.334 e. The zero-order chi connectivity index (χ0) is 18.0. The molecule has 0 bridgehead atoms. The Morgan fingerprint density at radius 3 is 2.62 bits per heavy atom. The second-order valence-corrected chi connectivity index (χ2v) is 7.70. The molecule has 3 aliphatic rings. The zero-order valence-corrected chi connectivity index (χ0v) is 14.4. The number of hydrogen-bond acceptors (Lipinski definition) is 6. The maximum absolute atomic E-state index is 12.1. The molecule has 0 aromatic heterocycles. The SMILES string of the molecule is C=C1C(=O)O[C@H]2[C@H]1[C@@H](OC(C)=O)CC(=C)[C@]1(O)C[C@H](Cl)[C@@](C)(O)[C@H]21. The van der Waals surface area contributed by atoms with Crippen molar-refractivity contribution in [2.45, 2.75) is 55.5 Å². The van der Waals surface area contributed by atoms with Gasteiger partial charge in [-0.05, 0) is 18.9 Å². The summed E-state index contributed by atoms with van der Waals surface area (Å²) in [6, 6.07) is 0.